The second-order valence-electron chi connectivity index (χ2n) is 5.20. The van der Waals surface area contributed by atoms with Crippen molar-refractivity contribution in [3.63, 3.8) is 0 Å². The molecule has 0 saturated carbocycles. The van der Waals surface area contributed by atoms with Gasteiger partial charge in [0, 0.05) is 22.7 Å². The maximum absolute atomic E-state index is 6.11. The van der Waals surface area contributed by atoms with E-state index in [0.717, 1.165) is 22.9 Å². The van der Waals surface area contributed by atoms with E-state index in [4.69, 9.17) is 16.3 Å². The highest BCUT2D eigenvalue weighted by Crippen LogP contribution is 2.34. The summed E-state index contributed by atoms with van der Waals surface area (Å²) < 4.78 is 6.11. The maximum Gasteiger partial charge on any atom is 0.176 e. The van der Waals surface area contributed by atoms with Gasteiger partial charge < -0.3 is 4.74 Å². The zero-order valence-corrected chi connectivity index (χ0v) is 12.1. The van der Waals surface area contributed by atoms with Gasteiger partial charge in [0.1, 0.15) is 5.75 Å². The summed E-state index contributed by atoms with van der Waals surface area (Å²) in [5, 5.41) is 6.64. The van der Waals surface area contributed by atoms with Crippen molar-refractivity contribution >= 4 is 22.4 Å². The minimum atomic E-state index is -0.155. The van der Waals surface area contributed by atoms with Crippen molar-refractivity contribution in [2.24, 2.45) is 0 Å². The molecule has 1 aliphatic rings. The molecular weight excluding hydrogens is 282 g/mol. The Bertz CT molecular complexity index is 815. The van der Waals surface area contributed by atoms with Crippen LogP contribution in [-0.4, -0.2) is 0 Å². The van der Waals surface area contributed by atoms with Gasteiger partial charge in [0.15, 0.2) is 6.23 Å². The van der Waals surface area contributed by atoms with E-state index < -0.39 is 0 Å². The Morgan fingerprint density at radius 2 is 1.90 bits per heavy atom. The lowest BCUT2D eigenvalue weighted by molar-refractivity contribution is 0.145. The molecule has 0 radical (unpaired) electrons. The summed E-state index contributed by atoms with van der Waals surface area (Å²) in [7, 11) is 0. The van der Waals surface area contributed by atoms with Crippen molar-refractivity contribution in [2.75, 3.05) is 0 Å². The van der Waals surface area contributed by atoms with E-state index in [9.17, 15) is 0 Å². The van der Waals surface area contributed by atoms with Gasteiger partial charge >= 0.3 is 0 Å². The van der Waals surface area contributed by atoms with Gasteiger partial charge in [-0.05, 0) is 29.0 Å². The SMILES string of the molecule is Clc1cccc([C@H]2NCc3c(ccc4ccccc34)O2)c1. The Morgan fingerprint density at radius 3 is 2.81 bits per heavy atom. The minimum absolute atomic E-state index is 0.155. The van der Waals surface area contributed by atoms with Gasteiger partial charge in [-0.1, -0.05) is 54.1 Å². The fourth-order valence-electron chi connectivity index (χ4n) is 2.83. The first kappa shape index (κ1) is 12.7. The number of rotatable bonds is 1. The zero-order chi connectivity index (χ0) is 14.2. The summed E-state index contributed by atoms with van der Waals surface area (Å²) in [5.41, 5.74) is 2.26. The highest BCUT2D eigenvalue weighted by Gasteiger charge is 2.22. The van der Waals surface area contributed by atoms with Crippen LogP contribution in [0.5, 0.6) is 5.75 Å². The van der Waals surface area contributed by atoms with Crippen LogP contribution in [0.1, 0.15) is 17.4 Å². The predicted octanol–water partition coefficient (Wildman–Crippen LogP) is 4.67. The van der Waals surface area contributed by atoms with Gasteiger partial charge in [0.2, 0.25) is 0 Å². The van der Waals surface area contributed by atoms with E-state index in [-0.39, 0.29) is 6.23 Å². The van der Waals surface area contributed by atoms with E-state index in [1.807, 2.05) is 24.3 Å². The summed E-state index contributed by atoms with van der Waals surface area (Å²) in [6.07, 6.45) is -0.155. The average Bonchev–Trinajstić information content (AvgIpc) is 2.54. The normalized spacial score (nSPS) is 17.3. The van der Waals surface area contributed by atoms with Gasteiger partial charge in [-0.25, -0.2) is 0 Å². The van der Waals surface area contributed by atoms with E-state index >= 15 is 0 Å². The molecule has 0 saturated heterocycles. The molecule has 3 aromatic rings. The molecule has 1 aliphatic heterocycles. The zero-order valence-electron chi connectivity index (χ0n) is 11.3. The van der Waals surface area contributed by atoms with Gasteiger partial charge in [-0.3, -0.25) is 5.32 Å². The molecule has 3 heteroatoms. The van der Waals surface area contributed by atoms with Crippen molar-refractivity contribution in [2.45, 2.75) is 12.8 Å². The van der Waals surface area contributed by atoms with Crippen molar-refractivity contribution in [1.29, 1.82) is 0 Å². The fourth-order valence-corrected chi connectivity index (χ4v) is 3.03. The third kappa shape index (κ3) is 2.27. The Morgan fingerprint density at radius 1 is 1.00 bits per heavy atom. The molecule has 0 aliphatic carbocycles. The molecule has 0 fully saturated rings. The van der Waals surface area contributed by atoms with Gasteiger partial charge in [0.05, 0.1) is 0 Å². The van der Waals surface area contributed by atoms with Crippen LogP contribution in [0.2, 0.25) is 5.02 Å². The average molecular weight is 296 g/mol. The third-order valence-corrected chi connectivity index (χ3v) is 4.09. The molecule has 1 heterocycles. The summed E-state index contributed by atoms with van der Waals surface area (Å²) in [5.74, 6) is 0.942. The lowest BCUT2D eigenvalue weighted by Crippen LogP contribution is -2.30. The third-order valence-electron chi connectivity index (χ3n) is 3.86. The fraction of sp³-hybridized carbons (Fsp3) is 0.111. The van der Waals surface area contributed by atoms with E-state index in [1.165, 1.54) is 16.3 Å². The summed E-state index contributed by atoms with van der Waals surface area (Å²) >= 11 is 6.06. The number of hydrogen-bond acceptors (Lipinski definition) is 2. The monoisotopic (exact) mass is 295 g/mol. The molecule has 1 N–H and O–H groups in total. The molecule has 4 rings (SSSR count). The maximum atomic E-state index is 6.11. The van der Waals surface area contributed by atoms with Crippen LogP contribution < -0.4 is 10.1 Å². The summed E-state index contributed by atoms with van der Waals surface area (Å²) in [6, 6.07) is 20.3. The van der Waals surface area contributed by atoms with Crippen molar-refractivity contribution in [3.8, 4) is 5.75 Å². The van der Waals surface area contributed by atoms with Crippen molar-refractivity contribution < 1.29 is 4.74 Å². The quantitative estimate of drug-likeness (QED) is 0.704. The molecule has 0 bridgehead atoms. The predicted molar refractivity (Wildman–Crippen MR) is 85.6 cm³/mol. The van der Waals surface area contributed by atoms with Crippen LogP contribution in [0, 0.1) is 0 Å². The Balaban J connectivity index is 1.74. The molecule has 0 unspecified atom stereocenters. The highest BCUT2D eigenvalue weighted by molar-refractivity contribution is 6.30. The number of fused-ring (bicyclic) bond motifs is 3. The first-order valence-corrected chi connectivity index (χ1v) is 7.35. The Labute approximate surface area is 128 Å². The minimum Gasteiger partial charge on any atom is -0.471 e. The van der Waals surface area contributed by atoms with Crippen LogP contribution in [0.4, 0.5) is 0 Å². The van der Waals surface area contributed by atoms with Gasteiger partial charge in [-0.15, -0.1) is 0 Å². The number of benzene rings is 3. The summed E-state index contributed by atoms with van der Waals surface area (Å²) in [4.78, 5) is 0. The first-order valence-electron chi connectivity index (χ1n) is 6.97. The second kappa shape index (κ2) is 5.06. The molecular formula is C18H14ClNO. The molecule has 104 valence electrons. The van der Waals surface area contributed by atoms with Crippen LogP contribution in [-0.2, 0) is 6.54 Å². The molecule has 2 nitrogen and oxygen atoms in total. The van der Waals surface area contributed by atoms with Crippen molar-refractivity contribution in [1.82, 2.24) is 5.32 Å². The van der Waals surface area contributed by atoms with Crippen LogP contribution in [0.15, 0.2) is 60.7 Å². The smallest absolute Gasteiger partial charge is 0.176 e. The molecule has 0 amide bonds. The van der Waals surface area contributed by atoms with Crippen LogP contribution in [0.3, 0.4) is 0 Å². The highest BCUT2D eigenvalue weighted by atomic mass is 35.5. The largest absolute Gasteiger partial charge is 0.471 e. The topological polar surface area (TPSA) is 21.3 Å². The van der Waals surface area contributed by atoms with Crippen LogP contribution >= 0.6 is 11.6 Å². The molecule has 0 spiro atoms. The Kier molecular flexibility index (Phi) is 3.06. The van der Waals surface area contributed by atoms with Crippen molar-refractivity contribution in [3.05, 3.63) is 76.8 Å². The second-order valence-corrected chi connectivity index (χ2v) is 5.63. The van der Waals surface area contributed by atoms with E-state index in [1.54, 1.807) is 0 Å². The number of hydrogen-bond donors (Lipinski definition) is 1. The Hall–Kier alpha value is -2.03. The summed E-state index contributed by atoms with van der Waals surface area (Å²) in [6.45, 7) is 0.786. The number of ether oxygens (including phenoxy) is 1. The number of halogens is 1. The molecule has 21 heavy (non-hydrogen) atoms. The lowest BCUT2D eigenvalue weighted by Gasteiger charge is -2.28. The molecule has 0 aromatic heterocycles. The standard InChI is InChI=1S/C18H14ClNO/c19-14-6-3-5-13(10-14)18-20-11-16-15-7-2-1-4-12(15)8-9-17(16)21-18/h1-10,18,20H,11H2/t18-/m0/s1. The molecule has 3 aromatic carbocycles. The van der Waals surface area contributed by atoms with E-state index in [2.05, 4.69) is 41.7 Å². The lowest BCUT2D eigenvalue weighted by atomic mass is 10.0. The van der Waals surface area contributed by atoms with Crippen LogP contribution in [0.25, 0.3) is 10.8 Å². The molecule has 1 atom stereocenters. The van der Waals surface area contributed by atoms with E-state index in [0.29, 0.717) is 0 Å². The first-order chi connectivity index (χ1) is 10.3. The van der Waals surface area contributed by atoms with Gasteiger partial charge in [0.25, 0.3) is 0 Å². The van der Waals surface area contributed by atoms with Gasteiger partial charge in [-0.2, -0.15) is 0 Å². The number of nitrogens with one attached hydrogen (secondary N) is 1.